The lowest BCUT2D eigenvalue weighted by atomic mass is 10.2. The van der Waals surface area contributed by atoms with Crippen LogP contribution in [0.25, 0.3) is 0 Å². The van der Waals surface area contributed by atoms with Gasteiger partial charge < -0.3 is 14.6 Å². The molecule has 100 valence electrons. The summed E-state index contributed by atoms with van der Waals surface area (Å²) in [5, 5.41) is 11.6. The van der Waals surface area contributed by atoms with E-state index in [1.54, 1.807) is 0 Å². The Labute approximate surface area is 107 Å². The number of hydrogen-bond donors (Lipinski definition) is 1. The van der Waals surface area contributed by atoms with Gasteiger partial charge in [-0.2, -0.15) is 0 Å². The van der Waals surface area contributed by atoms with Crippen molar-refractivity contribution in [3.8, 4) is 0 Å². The first-order valence-electron chi connectivity index (χ1n) is 6.83. The molecule has 3 rings (SSSR count). The Hall–Kier alpha value is -0.980. The molecule has 0 bridgehead atoms. The lowest BCUT2D eigenvalue weighted by Gasteiger charge is -2.27. The van der Waals surface area contributed by atoms with Crippen molar-refractivity contribution in [3.63, 3.8) is 0 Å². The lowest BCUT2D eigenvalue weighted by Crippen LogP contribution is -2.39. The second-order valence-electron chi connectivity index (χ2n) is 5.06. The molecule has 1 aromatic rings. The maximum Gasteiger partial charge on any atom is 0.147 e. The van der Waals surface area contributed by atoms with E-state index in [9.17, 15) is 0 Å². The highest BCUT2D eigenvalue weighted by atomic mass is 16.5. The lowest BCUT2D eigenvalue weighted by molar-refractivity contribution is 0.109. The Kier molecular flexibility index (Phi) is 3.87. The molecular weight excluding hydrogens is 230 g/mol. The van der Waals surface area contributed by atoms with Crippen LogP contribution >= 0.6 is 0 Å². The third-order valence-corrected chi connectivity index (χ3v) is 3.72. The highest BCUT2D eigenvalue weighted by Gasteiger charge is 2.17. The summed E-state index contributed by atoms with van der Waals surface area (Å²) < 4.78 is 7.72. The molecule has 1 saturated heterocycles. The highest BCUT2D eigenvalue weighted by Crippen LogP contribution is 2.10. The van der Waals surface area contributed by atoms with Gasteiger partial charge in [0.05, 0.1) is 12.6 Å². The van der Waals surface area contributed by atoms with Crippen LogP contribution < -0.4 is 5.32 Å². The third-order valence-electron chi connectivity index (χ3n) is 3.72. The third kappa shape index (κ3) is 2.88. The summed E-state index contributed by atoms with van der Waals surface area (Å²) in [6, 6.07) is 0. The average molecular weight is 251 g/mol. The molecule has 0 spiro atoms. The van der Waals surface area contributed by atoms with Crippen molar-refractivity contribution in [2.45, 2.75) is 32.0 Å². The van der Waals surface area contributed by atoms with Crippen molar-refractivity contribution in [2.75, 3.05) is 32.8 Å². The van der Waals surface area contributed by atoms with Gasteiger partial charge >= 0.3 is 0 Å². The van der Waals surface area contributed by atoms with E-state index in [2.05, 4.69) is 25.0 Å². The van der Waals surface area contributed by atoms with Crippen molar-refractivity contribution in [2.24, 2.45) is 0 Å². The van der Waals surface area contributed by atoms with Gasteiger partial charge in [0, 0.05) is 39.3 Å². The predicted molar refractivity (Wildman–Crippen MR) is 67.1 cm³/mol. The van der Waals surface area contributed by atoms with Gasteiger partial charge in [0.25, 0.3) is 0 Å². The van der Waals surface area contributed by atoms with E-state index in [0.29, 0.717) is 6.10 Å². The maximum atomic E-state index is 5.58. The Morgan fingerprint density at radius 2 is 2.44 bits per heavy atom. The van der Waals surface area contributed by atoms with Crippen LogP contribution in [0, 0.1) is 0 Å². The summed E-state index contributed by atoms with van der Waals surface area (Å²) in [5.41, 5.74) is 0. The van der Waals surface area contributed by atoms with Crippen LogP contribution in [-0.4, -0.2) is 58.6 Å². The standard InChI is InChI=1S/C12H21N5O/c1-2-11(18-7-1)8-13-3-4-16-5-6-17-10-14-15-12(17)9-16/h10-11,13H,1-9H2. The topological polar surface area (TPSA) is 55.2 Å². The fourth-order valence-corrected chi connectivity index (χ4v) is 2.61. The van der Waals surface area contributed by atoms with Gasteiger partial charge in [-0.15, -0.1) is 10.2 Å². The van der Waals surface area contributed by atoms with Crippen LogP contribution in [-0.2, 0) is 17.8 Å². The number of hydrogen-bond acceptors (Lipinski definition) is 5. The molecular formula is C12H21N5O. The maximum absolute atomic E-state index is 5.58. The molecule has 18 heavy (non-hydrogen) atoms. The van der Waals surface area contributed by atoms with Gasteiger partial charge in [-0.3, -0.25) is 4.90 Å². The summed E-state index contributed by atoms with van der Waals surface area (Å²) in [5.74, 6) is 1.08. The van der Waals surface area contributed by atoms with Crippen molar-refractivity contribution in [1.29, 1.82) is 0 Å². The largest absolute Gasteiger partial charge is 0.377 e. The molecule has 0 saturated carbocycles. The molecule has 3 heterocycles. The van der Waals surface area contributed by atoms with E-state index in [0.717, 1.165) is 51.7 Å². The number of ether oxygens (including phenoxy) is 1. The molecule has 6 nitrogen and oxygen atoms in total. The Morgan fingerprint density at radius 1 is 1.44 bits per heavy atom. The minimum absolute atomic E-state index is 0.439. The molecule has 0 aliphatic carbocycles. The summed E-state index contributed by atoms with van der Waals surface area (Å²) in [4.78, 5) is 2.42. The number of aromatic nitrogens is 3. The van der Waals surface area contributed by atoms with Gasteiger partial charge in [-0.25, -0.2) is 0 Å². The molecule has 2 aliphatic heterocycles. The summed E-state index contributed by atoms with van der Waals surface area (Å²) in [6.45, 7) is 7.04. The van der Waals surface area contributed by atoms with Crippen LogP contribution in [0.5, 0.6) is 0 Å². The SMILES string of the molecule is c1nnc2n1CCN(CCNCC1CCCO1)C2. The first kappa shape index (κ1) is 12.1. The van der Waals surface area contributed by atoms with E-state index < -0.39 is 0 Å². The van der Waals surface area contributed by atoms with Crippen molar-refractivity contribution < 1.29 is 4.74 Å². The molecule has 1 N–H and O–H groups in total. The first-order chi connectivity index (χ1) is 8.92. The Balaban J connectivity index is 1.34. The van der Waals surface area contributed by atoms with Gasteiger partial charge in [0.15, 0.2) is 0 Å². The Morgan fingerprint density at radius 3 is 3.33 bits per heavy atom. The van der Waals surface area contributed by atoms with E-state index in [4.69, 9.17) is 4.74 Å². The van der Waals surface area contributed by atoms with Crippen molar-refractivity contribution in [3.05, 3.63) is 12.2 Å². The minimum atomic E-state index is 0.439. The fourth-order valence-electron chi connectivity index (χ4n) is 2.61. The number of fused-ring (bicyclic) bond motifs is 1. The smallest absolute Gasteiger partial charge is 0.147 e. The number of nitrogens with zero attached hydrogens (tertiary/aromatic N) is 4. The van der Waals surface area contributed by atoms with E-state index >= 15 is 0 Å². The monoisotopic (exact) mass is 251 g/mol. The molecule has 0 radical (unpaired) electrons. The van der Waals surface area contributed by atoms with E-state index in [1.807, 2.05) is 6.33 Å². The Bertz CT molecular complexity index is 374. The second-order valence-corrected chi connectivity index (χ2v) is 5.06. The highest BCUT2D eigenvalue weighted by molar-refractivity contribution is 4.89. The summed E-state index contributed by atoms with van der Waals surface area (Å²) >= 11 is 0. The summed E-state index contributed by atoms with van der Waals surface area (Å²) in [7, 11) is 0. The van der Waals surface area contributed by atoms with E-state index in [-0.39, 0.29) is 0 Å². The molecule has 1 aromatic heterocycles. The van der Waals surface area contributed by atoms with Crippen LogP contribution in [0.3, 0.4) is 0 Å². The zero-order valence-electron chi connectivity index (χ0n) is 10.7. The summed E-state index contributed by atoms with van der Waals surface area (Å²) in [6.07, 6.45) is 4.69. The van der Waals surface area contributed by atoms with Crippen molar-refractivity contribution in [1.82, 2.24) is 25.0 Å². The first-order valence-corrected chi connectivity index (χ1v) is 6.83. The normalized spacial score (nSPS) is 24.3. The molecule has 1 atom stereocenters. The minimum Gasteiger partial charge on any atom is -0.377 e. The van der Waals surface area contributed by atoms with Gasteiger partial charge in [0.1, 0.15) is 12.2 Å². The molecule has 0 aromatic carbocycles. The zero-order chi connectivity index (χ0) is 12.2. The molecule has 6 heteroatoms. The van der Waals surface area contributed by atoms with Gasteiger partial charge in [0.2, 0.25) is 0 Å². The van der Waals surface area contributed by atoms with Gasteiger partial charge in [-0.05, 0) is 12.8 Å². The van der Waals surface area contributed by atoms with E-state index in [1.165, 1.54) is 12.8 Å². The quantitative estimate of drug-likeness (QED) is 0.738. The average Bonchev–Trinajstić information content (AvgIpc) is 3.05. The van der Waals surface area contributed by atoms with Crippen LogP contribution in [0.2, 0.25) is 0 Å². The number of nitrogens with one attached hydrogen (secondary N) is 1. The fraction of sp³-hybridized carbons (Fsp3) is 0.833. The van der Waals surface area contributed by atoms with Crippen LogP contribution in [0.1, 0.15) is 18.7 Å². The second kappa shape index (κ2) is 5.77. The number of rotatable bonds is 5. The molecule has 1 fully saturated rings. The van der Waals surface area contributed by atoms with Crippen LogP contribution in [0.4, 0.5) is 0 Å². The predicted octanol–water partition coefficient (Wildman–Crippen LogP) is -0.138. The zero-order valence-corrected chi connectivity index (χ0v) is 10.7. The molecule has 2 aliphatic rings. The molecule has 0 amide bonds. The molecule has 1 unspecified atom stereocenters. The van der Waals surface area contributed by atoms with Gasteiger partial charge in [-0.1, -0.05) is 0 Å². The van der Waals surface area contributed by atoms with Crippen molar-refractivity contribution >= 4 is 0 Å². The van der Waals surface area contributed by atoms with Crippen LogP contribution in [0.15, 0.2) is 6.33 Å².